The van der Waals surface area contributed by atoms with Crippen molar-refractivity contribution in [2.75, 3.05) is 13.7 Å². The van der Waals surface area contributed by atoms with Gasteiger partial charge in [-0.1, -0.05) is 11.6 Å². The number of benzene rings is 1. The monoisotopic (exact) mass is 375 g/mol. The molecule has 0 atom stereocenters. The van der Waals surface area contributed by atoms with E-state index in [1.807, 2.05) is 19.1 Å². The first-order valence-electron chi connectivity index (χ1n) is 7.99. The molecule has 3 rings (SSSR count). The van der Waals surface area contributed by atoms with Gasteiger partial charge in [0.05, 0.1) is 11.6 Å². The van der Waals surface area contributed by atoms with Crippen LogP contribution in [-0.2, 0) is 11.3 Å². The van der Waals surface area contributed by atoms with Crippen LogP contribution in [0, 0.1) is 13.8 Å². The molecular formula is C19H18ClNO5. The first-order chi connectivity index (χ1) is 12.3. The highest BCUT2D eigenvalue weighted by atomic mass is 35.5. The van der Waals surface area contributed by atoms with Crippen LogP contribution in [0.2, 0.25) is 5.02 Å². The lowest BCUT2D eigenvalue weighted by atomic mass is 10.1. The van der Waals surface area contributed by atoms with Gasteiger partial charge in [-0.15, -0.1) is 0 Å². The van der Waals surface area contributed by atoms with E-state index in [9.17, 15) is 9.59 Å². The quantitative estimate of drug-likeness (QED) is 0.636. The fraction of sp³-hybridized carbons (Fsp3) is 0.263. The predicted octanol–water partition coefficient (Wildman–Crippen LogP) is 3.69. The lowest BCUT2D eigenvalue weighted by molar-refractivity contribution is -0.132. The molecule has 0 bridgehead atoms. The minimum Gasteiger partial charge on any atom is -0.482 e. The number of halogens is 1. The fourth-order valence-corrected chi connectivity index (χ4v) is 2.79. The maximum Gasteiger partial charge on any atom is 0.336 e. The Labute approximate surface area is 154 Å². The normalized spacial score (nSPS) is 10.9. The summed E-state index contributed by atoms with van der Waals surface area (Å²) in [7, 11) is 1.66. The van der Waals surface area contributed by atoms with Crippen molar-refractivity contribution in [3.8, 4) is 5.75 Å². The number of likely N-dealkylation sites (N-methyl/N-ethyl adjacent to an activating group) is 1. The molecule has 0 spiro atoms. The van der Waals surface area contributed by atoms with Crippen molar-refractivity contribution in [1.29, 1.82) is 0 Å². The van der Waals surface area contributed by atoms with E-state index in [2.05, 4.69) is 0 Å². The molecule has 1 aromatic carbocycles. The second kappa shape index (κ2) is 7.25. The van der Waals surface area contributed by atoms with Crippen LogP contribution < -0.4 is 10.4 Å². The summed E-state index contributed by atoms with van der Waals surface area (Å²) in [6, 6.07) is 8.24. The molecule has 0 fully saturated rings. The van der Waals surface area contributed by atoms with E-state index in [0.717, 1.165) is 16.7 Å². The Hall–Kier alpha value is -2.73. The van der Waals surface area contributed by atoms with Crippen molar-refractivity contribution in [2.24, 2.45) is 0 Å². The maximum absolute atomic E-state index is 12.3. The van der Waals surface area contributed by atoms with Crippen LogP contribution in [-0.4, -0.2) is 24.5 Å². The average molecular weight is 376 g/mol. The molecule has 0 radical (unpaired) electrons. The first kappa shape index (κ1) is 18.1. The van der Waals surface area contributed by atoms with Crippen LogP contribution in [0.4, 0.5) is 0 Å². The number of fused-ring (bicyclic) bond motifs is 1. The predicted molar refractivity (Wildman–Crippen MR) is 97.6 cm³/mol. The number of amides is 1. The lowest BCUT2D eigenvalue weighted by Gasteiger charge is -2.16. The molecule has 2 heterocycles. The third-order valence-electron chi connectivity index (χ3n) is 3.97. The summed E-state index contributed by atoms with van der Waals surface area (Å²) in [6.45, 7) is 3.79. The molecule has 7 heteroatoms. The molecule has 0 unspecified atom stereocenters. The maximum atomic E-state index is 12.3. The zero-order valence-corrected chi connectivity index (χ0v) is 15.4. The van der Waals surface area contributed by atoms with Crippen molar-refractivity contribution >= 4 is 28.5 Å². The molecule has 136 valence electrons. The number of ether oxygens (including phenoxy) is 1. The smallest absolute Gasteiger partial charge is 0.336 e. The second-order valence-corrected chi connectivity index (χ2v) is 6.49. The SMILES string of the molecule is Cc1ccc(CN(C)C(=O)COc2cc3oc(=O)cc(C)c3cc2Cl)o1. The highest BCUT2D eigenvalue weighted by Crippen LogP contribution is 2.31. The summed E-state index contributed by atoms with van der Waals surface area (Å²) in [6.07, 6.45) is 0. The Morgan fingerprint density at radius 3 is 2.65 bits per heavy atom. The van der Waals surface area contributed by atoms with Gasteiger partial charge in [0.1, 0.15) is 22.9 Å². The molecule has 0 N–H and O–H groups in total. The number of hydrogen-bond acceptors (Lipinski definition) is 5. The molecule has 0 aliphatic rings. The van der Waals surface area contributed by atoms with Crippen LogP contribution in [0.25, 0.3) is 11.0 Å². The van der Waals surface area contributed by atoms with Crippen molar-refractivity contribution in [3.63, 3.8) is 0 Å². The average Bonchev–Trinajstić information content (AvgIpc) is 2.98. The Morgan fingerprint density at radius 1 is 1.19 bits per heavy atom. The third-order valence-corrected chi connectivity index (χ3v) is 4.27. The van der Waals surface area contributed by atoms with Crippen molar-refractivity contribution in [3.05, 3.63) is 62.9 Å². The van der Waals surface area contributed by atoms with Gasteiger partial charge in [-0.2, -0.15) is 0 Å². The molecule has 1 amide bonds. The van der Waals surface area contributed by atoms with E-state index in [1.54, 1.807) is 20.0 Å². The minimum atomic E-state index is -0.451. The van der Waals surface area contributed by atoms with Gasteiger partial charge in [-0.3, -0.25) is 4.79 Å². The summed E-state index contributed by atoms with van der Waals surface area (Å²) < 4.78 is 16.2. The van der Waals surface area contributed by atoms with Gasteiger partial charge < -0.3 is 18.5 Å². The standard InChI is InChI=1S/C19H18ClNO5/c1-11-6-19(23)26-16-8-17(15(20)7-14(11)16)24-10-18(22)21(3)9-13-5-4-12(2)25-13/h4-8H,9-10H2,1-3H3. The fourth-order valence-electron chi connectivity index (χ4n) is 2.57. The summed E-state index contributed by atoms with van der Waals surface area (Å²) >= 11 is 6.23. The topological polar surface area (TPSA) is 72.9 Å². The van der Waals surface area contributed by atoms with Crippen LogP contribution in [0.3, 0.4) is 0 Å². The Bertz CT molecular complexity index is 1020. The summed E-state index contributed by atoms with van der Waals surface area (Å²) in [5.74, 6) is 1.53. The van der Waals surface area contributed by atoms with E-state index >= 15 is 0 Å². The van der Waals surface area contributed by atoms with Gasteiger partial charge in [0.25, 0.3) is 5.91 Å². The number of carbonyl (C=O) groups is 1. The van der Waals surface area contributed by atoms with Crippen molar-refractivity contribution in [2.45, 2.75) is 20.4 Å². The molecule has 0 aliphatic heterocycles. The molecular weight excluding hydrogens is 358 g/mol. The number of furan rings is 1. The summed E-state index contributed by atoms with van der Waals surface area (Å²) in [5, 5.41) is 1.06. The number of nitrogens with zero attached hydrogens (tertiary/aromatic N) is 1. The van der Waals surface area contributed by atoms with Crippen LogP contribution in [0.15, 0.2) is 44.0 Å². The molecule has 3 aromatic rings. The van der Waals surface area contributed by atoms with Gasteiger partial charge >= 0.3 is 5.63 Å². The Kier molecular flexibility index (Phi) is 5.04. The van der Waals surface area contributed by atoms with E-state index < -0.39 is 5.63 Å². The molecule has 0 aliphatic carbocycles. The van der Waals surface area contributed by atoms with Crippen LogP contribution in [0.1, 0.15) is 17.1 Å². The van der Waals surface area contributed by atoms with E-state index in [0.29, 0.717) is 22.9 Å². The van der Waals surface area contributed by atoms with Crippen LogP contribution >= 0.6 is 11.6 Å². The number of carbonyl (C=O) groups excluding carboxylic acids is 1. The van der Waals surface area contributed by atoms with Gasteiger partial charge in [-0.05, 0) is 37.6 Å². The minimum absolute atomic E-state index is 0.197. The highest BCUT2D eigenvalue weighted by Gasteiger charge is 2.14. The van der Waals surface area contributed by atoms with Crippen molar-refractivity contribution in [1.82, 2.24) is 4.90 Å². The summed E-state index contributed by atoms with van der Waals surface area (Å²) in [5.41, 5.74) is 0.670. The van der Waals surface area contributed by atoms with Gasteiger partial charge in [0.2, 0.25) is 0 Å². The van der Waals surface area contributed by atoms with E-state index in [-0.39, 0.29) is 18.3 Å². The number of rotatable bonds is 5. The second-order valence-electron chi connectivity index (χ2n) is 6.08. The zero-order valence-electron chi connectivity index (χ0n) is 14.7. The Morgan fingerprint density at radius 2 is 1.96 bits per heavy atom. The molecule has 6 nitrogen and oxygen atoms in total. The summed E-state index contributed by atoms with van der Waals surface area (Å²) in [4.78, 5) is 25.3. The number of hydrogen-bond donors (Lipinski definition) is 0. The third kappa shape index (κ3) is 3.91. The number of aryl methyl sites for hydroxylation is 2. The van der Waals surface area contributed by atoms with E-state index in [4.69, 9.17) is 25.2 Å². The van der Waals surface area contributed by atoms with Gasteiger partial charge in [0, 0.05) is 24.6 Å². The van der Waals surface area contributed by atoms with Gasteiger partial charge in [0.15, 0.2) is 6.61 Å². The first-order valence-corrected chi connectivity index (χ1v) is 8.37. The van der Waals surface area contributed by atoms with Gasteiger partial charge in [-0.25, -0.2) is 4.79 Å². The lowest BCUT2D eigenvalue weighted by Crippen LogP contribution is -2.30. The molecule has 0 saturated carbocycles. The molecule has 0 saturated heterocycles. The van der Waals surface area contributed by atoms with E-state index in [1.165, 1.54) is 17.0 Å². The van der Waals surface area contributed by atoms with Crippen LogP contribution in [0.5, 0.6) is 5.75 Å². The largest absolute Gasteiger partial charge is 0.482 e. The van der Waals surface area contributed by atoms with Crippen molar-refractivity contribution < 1.29 is 18.4 Å². The zero-order chi connectivity index (χ0) is 18.8. The molecule has 26 heavy (non-hydrogen) atoms. The molecule has 2 aromatic heterocycles. The highest BCUT2D eigenvalue weighted by molar-refractivity contribution is 6.32. The Balaban J connectivity index is 1.71.